The molecule has 2 rings (SSSR count). The number of fused-ring (bicyclic) bond motifs is 1. The summed E-state index contributed by atoms with van der Waals surface area (Å²) in [6, 6.07) is 4.26. The third-order valence-corrected chi connectivity index (χ3v) is 3.14. The number of aliphatic hydroxyl groups is 1. The van der Waals surface area contributed by atoms with Gasteiger partial charge in [-0.1, -0.05) is 12.1 Å². The molecule has 82 valence electrons. The van der Waals surface area contributed by atoms with Crippen LogP contribution in [0.3, 0.4) is 0 Å². The number of aryl methyl sites for hydroxylation is 1. The van der Waals surface area contributed by atoms with E-state index >= 15 is 0 Å². The van der Waals surface area contributed by atoms with E-state index in [0.29, 0.717) is 0 Å². The standard InChI is InChI=1S/C13H19NO/c1-9-6-11(13(2,3)15)7-10-4-5-14-8-12(9)10/h6-7,14-15H,4-5,8H2,1-3H3. The maximum Gasteiger partial charge on any atom is 0.0840 e. The van der Waals surface area contributed by atoms with E-state index in [-0.39, 0.29) is 0 Å². The van der Waals surface area contributed by atoms with Gasteiger partial charge in [-0.3, -0.25) is 0 Å². The van der Waals surface area contributed by atoms with Crippen molar-refractivity contribution >= 4 is 0 Å². The van der Waals surface area contributed by atoms with Gasteiger partial charge in [0.2, 0.25) is 0 Å². The molecule has 1 heterocycles. The SMILES string of the molecule is Cc1cc(C(C)(C)O)cc2c1CNCC2. The Labute approximate surface area is 91.3 Å². The number of benzene rings is 1. The van der Waals surface area contributed by atoms with Crippen LogP contribution < -0.4 is 5.32 Å². The molecule has 2 heteroatoms. The van der Waals surface area contributed by atoms with Crippen LogP contribution in [0.15, 0.2) is 12.1 Å². The molecule has 0 saturated carbocycles. The van der Waals surface area contributed by atoms with Gasteiger partial charge in [-0.2, -0.15) is 0 Å². The quantitative estimate of drug-likeness (QED) is 0.733. The van der Waals surface area contributed by atoms with E-state index in [4.69, 9.17) is 0 Å². The molecule has 2 N–H and O–H groups in total. The van der Waals surface area contributed by atoms with Gasteiger partial charge in [-0.25, -0.2) is 0 Å². The molecule has 0 amide bonds. The van der Waals surface area contributed by atoms with Gasteiger partial charge in [0.1, 0.15) is 0 Å². The Morgan fingerprint density at radius 1 is 1.33 bits per heavy atom. The molecule has 2 nitrogen and oxygen atoms in total. The van der Waals surface area contributed by atoms with E-state index < -0.39 is 5.60 Å². The molecule has 0 aliphatic carbocycles. The summed E-state index contributed by atoms with van der Waals surface area (Å²) >= 11 is 0. The van der Waals surface area contributed by atoms with Crippen molar-refractivity contribution in [1.82, 2.24) is 5.32 Å². The summed E-state index contributed by atoms with van der Waals surface area (Å²) in [4.78, 5) is 0. The summed E-state index contributed by atoms with van der Waals surface area (Å²) in [5.74, 6) is 0. The first kappa shape index (κ1) is 10.7. The molecule has 0 unspecified atom stereocenters. The van der Waals surface area contributed by atoms with Crippen molar-refractivity contribution in [3.8, 4) is 0 Å². The van der Waals surface area contributed by atoms with E-state index in [0.717, 1.165) is 25.1 Å². The summed E-state index contributed by atoms with van der Waals surface area (Å²) < 4.78 is 0. The van der Waals surface area contributed by atoms with Crippen LogP contribution in [0.25, 0.3) is 0 Å². The van der Waals surface area contributed by atoms with Gasteiger partial charge in [0.15, 0.2) is 0 Å². The number of rotatable bonds is 1. The third kappa shape index (κ3) is 2.06. The zero-order chi connectivity index (χ0) is 11.1. The molecule has 0 fully saturated rings. The van der Waals surface area contributed by atoms with E-state index in [1.54, 1.807) is 0 Å². The lowest BCUT2D eigenvalue weighted by molar-refractivity contribution is 0.0784. The fourth-order valence-corrected chi connectivity index (χ4v) is 2.16. The molecule has 0 bridgehead atoms. The zero-order valence-corrected chi connectivity index (χ0v) is 9.72. The fraction of sp³-hybridized carbons (Fsp3) is 0.538. The third-order valence-electron chi connectivity index (χ3n) is 3.14. The minimum Gasteiger partial charge on any atom is -0.386 e. The average molecular weight is 205 g/mol. The molecule has 0 spiro atoms. The maximum atomic E-state index is 10.00. The monoisotopic (exact) mass is 205 g/mol. The van der Waals surface area contributed by atoms with E-state index in [1.165, 1.54) is 16.7 Å². The van der Waals surface area contributed by atoms with Crippen molar-refractivity contribution < 1.29 is 5.11 Å². The van der Waals surface area contributed by atoms with Crippen LogP contribution in [0.4, 0.5) is 0 Å². The molecular formula is C13H19NO. The minimum absolute atomic E-state index is 0.731. The Hall–Kier alpha value is -0.860. The Balaban J connectivity index is 2.50. The summed E-state index contributed by atoms with van der Waals surface area (Å²) in [6.07, 6.45) is 1.07. The predicted octanol–water partition coefficient (Wildman–Crippen LogP) is 1.87. The van der Waals surface area contributed by atoms with Crippen LogP contribution in [0, 0.1) is 6.92 Å². The smallest absolute Gasteiger partial charge is 0.0840 e. The molecule has 15 heavy (non-hydrogen) atoms. The summed E-state index contributed by atoms with van der Waals surface area (Å²) in [5.41, 5.74) is 4.39. The van der Waals surface area contributed by atoms with Crippen molar-refractivity contribution in [1.29, 1.82) is 0 Å². The van der Waals surface area contributed by atoms with E-state index in [2.05, 4.69) is 24.4 Å². The highest BCUT2D eigenvalue weighted by Gasteiger charge is 2.20. The van der Waals surface area contributed by atoms with Gasteiger partial charge >= 0.3 is 0 Å². The van der Waals surface area contributed by atoms with Crippen molar-refractivity contribution in [2.45, 2.75) is 39.3 Å². The Morgan fingerprint density at radius 2 is 2.07 bits per heavy atom. The van der Waals surface area contributed by atoms with Gasteiger partial charge in [0, 0.05) is 6.54 Å². The molecular weight excluding hydrogens is 186 g/mol. The van der Waals surface area contributed by atoms with Crippen LogP contribution in [0.2, 0.25) is 0 Å². The lowest BCUT2D eigenvalue weighted by atomic mass is 9.88. The Kier molecular flexibility index (Phi) is 2.57. The van der Waals surface area contributed by atoms with Crippen LogP contribution in [-0.4, -0.2) is 11.7 Å². The van der Waals surface area contributed by atoms with Crippen LogP contribution in [-0.2, 0) is 18.6 Å². The van der Waals surface area contributed by atoms with Gasteiger partial charge < -0.3 is 10.4 Å². The van der Waals surface area contributed by atoms with Crippen molar-refractivity contribution in [3.05, 3.63) is 34.4 Å². The fourth-order valence-electron chi connectivity index (χ4n) is 2.16. The second-order valence-corrected chi connectivity index (χ2v) is 4.92. The van der Waals surface area contributed by atoms with Crippen molar-refractivity contribution in [3.63, 3.8) is 0 Å². The molecule has 0 saturated heterocycles. The highest BCUT2D eigenvalue weighted by atomic mass is 16.3. The van der Waals surface area contributed by atoms with Crippen molar-refractivity contribution in [2.24, 2.45) is 0 Å². The van der Waals surface area contributed by atoms with E-state index in [9.17, 15) is 5.11 Å². The predicted molar refractivity (Wildman–Crippen MR) is 61.8 cm³/mol. The van der Waals surface area contributed by atoms with Gasteiger partial charge in [-0.05, 0) is 56.0 Å². The highest BCUT2D eigenvalue weighted by Crippen LogP contribution is 2.26. The first-order valence-corrected chi connectivity index (χ1v) is 5.54. The molecule has 1 aromatic rings. The molecule has 0 radical (unpaired) electrons. The number of hydrogen-bond acceptors (Lipinski definition) is 2. The molecule has 1 aliphatic heterocycles. The first-order valence-electron chi connectivity index (χ1n) is 5.54. The molecule has 0 aromatic heterocycles. The zero-order valence-electron chi connectivity index (χ0n) is 9.72. The number of nitrogens with one attached hydrogen (secondary N) is 1. The average Bonchev–Trinajstić information content (AvgIpc) is 2.16. The van der Waals surface area contributed by atoms with Crippen LogP contribution >= 0.6 is 0 Å². The molecule has 1 aliphatic rings. The van der Waals surface area contributed by atoms with Gasteiger partial charge in [-0.15, -0.1) is 0 Å². The summed E-state index contributed by atoms with van der Waals surface area (Å²) in [5, 5.41) is 13.4. The first-order chi connectivity index (χ1) is 6.98. The highest BCUT2D eigenvalue weighted by molar-refractivity contribution is 5.41. The molecule has 1 aromatic carbocycles. The van der Waals surface area contributed by atoms with Crippen molar-refractivity contribution in [2.75, 3.05) is 6.54 Å². The lowest BCUT2D eigenvalue weighted by Gasteiger charge is -2.25. The van der Waals surface area contributed by atoms with Crippen LogP contribution in [0.5, 0.6) is 0 Å². The summed E-state index contributed by atoms with van der Waals surface area (Å²) in [6.45, 7) is 7.82. The lowest BCUT2D eigenvalue weighted by Crippen LogP contribution is -2.26. The van der Waals surface area contributed by atoms with Crippen LogP contribution in [0.1, 0.15) is 36.1 Å². The number of hydrogen-bond donors (Lipinski definition) is 2. The van der Waals surface area contributed by atoms with Gasteiger partial charge in [0.25, 0.3) is 0 Å². The van der Waals surface area contributed by atoms with E-state index in [1.807, 2.05) is 13.8 Å². The summed E-state index contributed by atoms with van der Waals surface area (Å²) in [7, 11) is 0. The second kappa shape index (κ2) is 3.62. The minimum atomic E-state index is -0.731. The Morgan fingerprint density at radius 3 is 2.73 bits per heavy atom. The van der Waals surface area contributed by atoms with Gasteiger partial charge in [0.05, 0.1) is 5.60 Å². The largest absolute Gasteiger partial charge is 0.386 e. The maximum absolute atomic E-state index is 10.00. The Bertz CT molecular complexity index is 377. The normalized spacial score (nSPS) is 16.3. The second-order valence-electron chi connectivity index (χ2n) is 4.92. The topological polar surface area (TPSA) is 32.3 Å². The molecule has 0 atom stereocenters.